The smallest absolute Gasteiger partial charge is 0.191 e. The van der Waals surface area contributed by atoms with Gasteiger partial charge >= 0.3 is 0 Å². The molecule has 8 heteroatoms. The fourth-order valence-corrected chi connectivity index (χ4v) is 3.14. The van der Waals surface area contributed by atoms with Crippen molar-refractivity contribution in [2.24, 2.45) is 10.9 Å². The van der Waals surface area contributed by atoms with Gasteiger partial charge in [-0.3, -0.25) is 9.39 Å². The number of guanidine groups is 1. The third-order valence-electron chi connectivity index (χ3n) is 4.71. The normalized spacial score (nSPS) is 16.6. The van der Waals surface area contributed by atoms with Gasteiger partial charge in [0, 0.05) is 19.8 Å². The van der Waals surface area contributed by atoms with Crippen LogP contribution >= 0.6 is 24.0 Å². The lowest BCUT2D eigenvalue weighted by molar-refractivity contribution is 0.213. The van der Waals surface area contributed by atoms with Crippen LogP contribution in [0.25, 0.3) is 5.65 Å². The lowest BCUT2D eigenvalue weighted by Crippen LogP contribution is -2.39. The van der Waals surface area contributed by atoms with Gasteiger partial charge in [0.25, 0.3) is 0 Å². The van der Waals surface area contributed by atoms with Crippen LogP contribution in [0.1, 0.15) is 25.1 Å². The molecule has 1 aliphatic heterocycles. The number of halogens is 1. The third kappa shape index (κ3) is 5.53. The highest BCUT2D eigenvalue weighted by molar-refractivity contribution is 14.0. The first-order valence-corrected chi connectivity index (χ1v) is 8.68. The molecule has 138 valence electrons. The molecule has 1 aliphatic rings. The van der Waals surface area contributed by atoms with Crippen LogP contribution in [0, 0.1) is 5.92 Å². The molecule has 0 aliphatic carbocycles. The monoisotopic (exact) mass is 457 g/mol. The molecule has 0 atom stereocenters. The SMILES string of the molecule is CN=C(NCCC1CCN(C)CC1)NCc1nnc2ccccn12.I. The maximum Gasteiger partial charge on any atom is 0.191 e. The van der Waals surface area contributed by atoms with E-state index >= 15 is 0 Å². The molecule has 2 aromatic rings. The number of rotatable bonds is 5. The Balaban J connectivity index is 0.00000225. The van der Waals surface area contributed by atoms with Crippen LogP contribution in [0.5, 0.6) is 0 Å². The van der Waals surface area contributed by atoms with Crippen molar-refractivity contribution in [2.45, 2.75) is 25.8 Å². The maximum absolute atomic E-state index is 4.29. The van der Waals surface area contributed by atoms with Crippen molar-refractivity contribution in [3.05, 3.63) is 30.2 Å². The Bertz CT molecular complexity index is 676. The second-order valence-electron chi connectivity index (χ2n) is 6.43. The number of piperidine rings is 1. The van der Waals surface area contributed by atoms with Gasteiger partial charge in [-0.25, -0.2) is 0 Å². The zero-order valence-corrected chi connectivity index (χ0v) is 17.3. The first kappa shape index (κ1) is 19.9. The number of fused-ring (bicyclic) bond motifs is 1. The van der Waals surface area contributed by atoms with E-state index in [0.717, 1.165) is 29.9 Å². The van der Waals surface area contributed by atoms with Gasteiger partial charge in [-0.15, -0.1) is 34.2 Å². The largest absolute Gasteiger partial charge is 0.356 e. The molecule has 0 aromatic carbocycles. The highest BCUT2D eigenvalue weighted by atomic mass is 127. The lowest BCUT2D eigenvalue weighted by Gasteiger charge is -2.29. The van der Waals surface area contributed by atoms with E-state index in [1.54, 1.807) is 7.05 Å². The minimum Gasteiger partial charge on any atom is -0.356 e. The minimum atomic E-state index is 0. The first-order chi connectivity index (χ1) is 11.8. The van der Waals surface area contributed by atoms with Gasteiger partial charge in [0.2, 0.25) is 0 Å². The van der Waals surface area contributed by atoms with Gasteiger partial charge in [-0.1, -0.05) is 6.07 Å². The molecular weight excluding hydrogens is 429 g/mol. The number of hydrogen-bond acceptors (Lipinski definition) is 4. The Morgan fingerprint density at radius 1 is 1.24 bits per heavy atom. The summed E-state index contributed by atoms with van der Waals surface area (Å²) < 4.78 is 1.98. The van der Waals surface area contributed by atoms with Crippen LogP contribution in [-0.4, -0.2) is 59.2 Å². The van der Waals surface area contributed by atoms with Crippen molar-refractivity contribution in [1.29, 1.82) is 0 Å². The average molecular weight is 457 g/mol. The topological polar surface area (TPSA) is 69.8 Å². The van der Waals surface area contributed by atoms with Crippen molar-refractivity contribution in [2.75, 3.05) is 33.7 Å². The summed E-state index contributed by atoms with van der Waals surface area (Å²) in [7, 11) is 4.00. The molecule has 1 saturated heterocycles. The molecule has 2 N–H and O–H groups in total. The molecule has 1 fully saturated rings. The summed E-state index contributed by atoms with van der Waals surface area (Å²) in [5.41, 5.74) is 0.861. The summed E-state index contributed by atoms with van der Waals surface area (Å²) >= 11 is 0. The number of hydrogen-bond donors (Lipinski definition) is 2. The third-order valence-corrected chi connectivity index (χ3v) is 4.71. The van der Waals surface area contributed by atoms with E-state index in [-0.39, 0.29) is 24.0 Å². The second kappa shape index (κ2) is 9.91. The Hall–Kier alpha value is -1.42. The maximum atomic E-state index is 4.29. The van der Waals surface area contributed by atoms with Crippen LogP contribution in [0.4, 0.5) is 0 Å². The predicted octanol–water partition coefficient (Wildman–Crippen LogP) is 1.74. The molecule has 7 nitrogen and oxygen atoms in total. The molecule has 3 heterocycles. The number of likely N-dealkylation sites (tertiary alicyclic amines) is 1. The van der Waals surface area contributed by atoms with E-state index in [1.807, 2.05) is 28.8 Å². The van der Waals surface area contributed by atoms with Crippen LogP contribution in [-0.2, 0) is 6.54 Å². The minimum absolute atomic E-state index is 0. The quantitative estimate of drug-likeness (QED) is 0.407. The van der Waals surface area contributed by atoms with Gasteiger partial charge in [0.05, 0.1) is 6.54 Å². The summed E-state index contributed by atoms with van der Waals surface area (Å²) in [6, 6.07) is 5.89. The average Bonchev–Trinajstić information content (AvgIpc) is 3.03. The second-order valence-corrected chi connectivity index (χ2v) is 6.43. The molecular formula is C17H28IN7. The van der Waals surface area contributed by atoms with E-state index in [1.165, 1.54) is 32.4 Å². The number of aromatic nitrogens is 3. The molecule has 2 aromatic heterocycles. The standard InChI is InChI=1S/C17H27N7.HI/c1-18-17(19-9-6-14-7-11-23(2)12-8-14)20-13-16-22-21-15-5-3-4-10-24(15)16;/h3-5,10,14H,6-9,11-13H2,1-2H3,(H2,18,19,20);1H. The molecule has 0 bridgehead atoms. The molecule has 0 radical (unpaired) electrons. The molecule has 0 spiro atoms. The van der Waals surface area contributed by atoms with Crippen LogP contribution in [0.3, 0.4) is 0 Å². The number of pyridine rings is 1. The predicted molar refractivity (Wildman–Crippen MR) is 111 cm³/mol. The van der Waals surface area contributed by atoms with E-state index in [2.05, 4.69) is 37.8 Å². The van der Waals surface area contributed by atoms with Gasteiger partial charge in [-0.2, -0.15) is 0 Å². The van der Waals surface area contributed by atoms with Gasteiger partial charge < -0.3 is 15.5 Å². The summed E-state index contributed by atoms with van der Waals surface area (Å²) in [4.78, 5) is 6.70. The fourth-order valence-electron chi connectivity index (χ4n) is 3.14. The summed E-state index contributed by atoms with van der Waals surface area (Å²) in [5.74, 6) is 2.52. The summed E-state index contributed by atoms with van der Waals surface area (Å²) in [5, 5.41) is 15.1. The Morgan fingerprint density at radius 2 is 2.04 bits per heavy atom. The zero-order valence-electron chi connectivity index (χ0n) is 15.0. The lowest BCUT2D eigenvalue weighted by atomic mass is 9.94. The Labute approximate surface area is 166 Å². The summed E-state index contributed by atoms with van der Waals surface area (Å²) in [6.45, 7) is 3.99. The first-order valence-electron chi connectivity index (χ1n) is 8.68. The van der Waals surface area contributed by atoms with E-state index in [9.17, 15) is 0 Å². The number of nitrogens with zero attached hydrogens (tertiary/aromatic N) is 5. The van der Waals surface area contributed by atoms with Crippen molar-refractivity contribution in [3.63, 3.8) is 0 Å². The van der Waals surface area contributed by atoms with Gasteiger partial charge in [0.15, 0.2) is 17.4 Å². The molecule has 0 saturated carbocycles. The van der Waals surface area contributed by atoms with Crippen LogP contribution in [0.2, 0.25) is 0 Å². The van der Waals surface area contributed by atoms with Gasteiger partial charge in [0.1, 0.15) is 0 Å². The Morgan fingerprint density at radius 3 is 2.80 bits per heavy atom. The van der Waals surface area contributed by atoms with Crippen molar-refractivity contribution >= 4 is 35.6 Å². The van der Waals surface area contributed by atoms with E-state index < -0.39 is 0 Å². The molecule has 25 heavy (non-hydrogen) atoms. The Kier molecular flexibility index (Phi) is 7.89. The zero-order chi connectivity index (χ0) is 16.8. The van der Waals surface area contributed by atoms with E-state index in [0.29, 0.717) is 6.54 Å². The molecule has 0 amide bonds. The van der Waals surface area contributed by atoms with Gasteiger partial charge in [-0.05, 0) is 57.5 Å². The molecule has 3 rings (SSSR count). The van der Waals surface area contributed by atoms with Crippen molar-refractivity contribution < 1.29 is 0 Å². The van der Waals surface area contributed by atoms with Crippen LogP contribution < -0.4 is 10.6 Å². The van der Waals surface area contributed by atoms with E-state index in [4.69, 9.17) is 0 Å². The highest BCUT2D eigenvalue weighted by Crippen LogP contribution is 2.18. The molecule has 0 unspecified atom stereocenters. The highest BCUT2D eigenvalue weighted by Gasteiger charge is 2.16. The van der Waals surface area contributed by atoms with Crippen molar-refractivity contribution in [3.8, 4) is 0 Å². The number of aliphatic imine (C=N–C) groups is 1. The number of nitrogens with one attached hydrogen (secondary N) is 2. The van der Waals surface area contributed by atoms with Crippen molar-refractivity contribution in [1.82, 2.24) is 30.1 Å². The fraction of sp³-hybridized carbons (Fsp3) is 0.588. The summed E-state index contributed by atoms with van der Waals surface area (Å²) in [6.07, 6.45) is 5.77. The van der Waals surface area contributed by atoms with Crippen LogP contribution in [0.15, 0.2) is 29.4 Å².